The van der Waals surface area contributed by atoms with Crippen LogP contribution < -0.4 is 10.0 Å². The van der Waals surface area contributed by atoms with Gasteiger partial charge in [-0.25, -0.2) is 4.79 Å². The van der Waals surface area contributed by atoms with E-state index in [4.69, 9.17) is 4.74 Å². The molecule has 1 heterocycles. The first kappa shape index (κ1) is 15.5. The van der Waals surface area contributed by atoms with E-state index >= 15 is 0 Å². The molecule has 22 heavy (non-hydrogen) atoms. The van der Waals surface area contributed by atoms with E-state index in [0.29, 0.717) is 10.4 Å². The molecule has 0 spiro atoms. The Hall–Kier alpha value is -2.89. The van der Waals surface area contributed by atoms with Crippen molar-refractivity contribution in [3.05, 3.63) is 64.6 Å². The number of benzene rings is 1. The smallest absolute Gasteiger partial charge is 0.339 e. The summed E-state index contributed by atoms with van der Waals surface area (Å²) in [5, 5.41) is 13.5. The Bertz CT molecular complexity index is 696. The van der Waals surface area contributed by atoms with E-state index in [2.05, 4.69) is 5.32 Å². The highest BCUT2D eigenvalue weighted by Gasteiger charge is 2.11. The second-order valence-corrected chi connectivity index (χ2v) is 4.87. The summed E-state index contributed by atoms with van der Waals surface area (Å²) < 4.78 is 5.45. The van der Waals surface area contributed by atoms with Crippen molar-refractivity contribution in [2.75, 3.05) is 11.9 Å². The fourth-order valence-corrected chi connectivity index (χ4v) is 1.78. The van der Waals surface area contributed by atoms with Crippen LogP contribution >= 0.6 is 0 Å². The van der Waals surface area contributed by atoms with Gasteiger partial charge in [-0.15, -0.1) is 0 Å². The molecule has 0 aliphatic heterocycles. The number of anilines is 1. The minimum absolute atomic E-state index is 0.214. The molecule has 114 valence electrons. The second-order valence-electron chi connectivity index (χ2n) is 4.87. The number of hydrogen-bond acceptors (Lipinski definition) is 4. The van der Waals surface area contributed by atoms with Gasteiger partial charge in [-0.1, -0.05) is 6.07 Å². The molecular weight excluding hydrogens is 284 g/mol. The number of amides is 1. The molecule has 1 aromatic heterocycles. The van der Waals surface area contributed by atoms with Crippen LogP contribution in [-0.4, -0.2) is 18.5 Å². The van der Waals surface area contributed by atoms with Gasteiger partial charge < -0.3 is 15.3 Å². The number of carbonyl (C=O) groups excluding carboxylic acids is 2. The molecule has 1 amide bonds. The summed E-state index contributed by atoms with van der Waals surface area (Å²) in [4.78, 5) is 23.5. The van der Waals surface area contributed by atoms with Crippen molar-refractivity contribution in [2.45, 2.75) is 13.8 Å². The second kappa shape index (κ2) is 6.71. The molecule has 0 radical (unpaired) electrons. The minimum Gasteiger partial charge on any atom is -0.619 e. The molecule has 2 rings (SSSR count). The summed E-state index contributed by atoms with van der Waals surface area (Å²) in [7, 11) is 0. The molecule has 0 bridgehead atoms. The quantitative estimate of drug-likeness (QED) is 0.529. The summed E-state index contributed by atoms with van der Waals surface area (Å²) in [6, 6.07) is 8.19. The maximum Gasteiger partial charge on any atom is 0.339 e. The third kappa shape index (κ3) is 4.05. The minimum atomic E-state index is -0.657. The van der Waals surface area contributed by atoms with Gasteiger partial charge in [-0.2, -0.15) is 4.73 Å². The Morgan fingerprint density at radius 2 is 1.82 bits per heavy atom. The van der Waals surface area contributed by atoms with E-state index in [0.717, 1.165) is 11.1 Å². The summed E-state index contributed by atoms with van der Waals surface area (Å²) in [6.45, 7) is 3.54. The van der Waals surface area contributed by atoms with Crippen molar-refractivity contribution in [3.8, 4) is 0 Å². The lowest BCUT2D eigenvalue weighted by molar-refractivity contribution is -0.605. The molecule has 6 nitrogen and oxygen atoms in total. The van der Waals surface area contributed by atoms with Crippen LogP contribution in [-0.2, 0) is 9.53 Å². The Balaban J connectivity index is 1.88. The first-order chi connectivity index (χ1) is 10.5. The average molecular weight is 300 g/mol. The highest BCUT2D eigenvalue weighted by Crippen LogP contribution is 2.14. The van der Waals surface area contributed by atoms with Gasteiger partial charge in [0.15, 0.2) is 19.0 Å². The number of esters is 1. The number of ether oxygens (including phenoxy) is 1. The van der Waals surface area contributed by atoms with Crippen molar-refractivity contribution in [2.24, 2.45) is 0 Å². The maximum absolute atomic E-state index is 11.8. The van der Waals surface area contributed by atoms with Gasteiger partial charge in [0.05, 0.1) is 5.56 Å². The van der Waals surface area contributed by atoms with Crippen LogP contribution in [0.15, 0.2) is 42.7 Å². The number of nitrogens with zero attached hydrogens (tertiary/aromatic N) is 1. The standard InChI is InChI=1S/C16H16N2O4/c1-11-3-4-14(9-12(11)2)17-15(19)10-22-16(20)13-5-7-18(21)8-6-13/h3-9H,10H2,1-2H3,(H,17,19). The molecule has 0 aliphatic carbocycles. The van der Waals surface area contributed by atoms with Crippen molar-refractivity contribution in [3.63, 3.8) is 0 Å². The van der Waals surface area contributed by atoms with Gasteiger partial charge >= 0.3 is 5.97 Å². The largest absolute Gasteiger partial charge is 0.619 e. The molecule has 0 unspecified atom stereocenters. The summed E-state index contributed by atoms with van der Waals surface area (Å²) >= 11 is 0. The third-order valence-electron chi connectivity index (χ3n) is 3.16. The van der Waals surface area contributed by atoms with Crippen molar-refractivity contribution < 1.29 is 19.1 Å². The van der Waals surface area contributed by atoms with Crippen LogP contribution in [0.1, 0.15) is 21.5 Å². The predicted octanol–water partition coefficient (Wildman–Crippen LogP) is 1.73. The monoisotopic (exact) mass is 300 g/mol. The predicted molar refractivity (Wildman–Crippen MR) is 80.2 cm³/mol. The van der Waals surface area contributed by atoms with Crippen LogP contribution in [0.2, 0.25) is 0 Å². The van der Waals surface area contributed by atoms with Gasteiger partial charge in [0.25, 0.3) is 5.91 Å². The zero-order valence-electron chi connectivity index (χ0n) is 12.3. The lowest BCUT2D eigenvalue weighted by Crippen LogP contribution is -2.25. The first-order valence-electron chi connectivity index (χ1n) is 6.69. The SMILES string of the molecule is Cc1ccc(NC(=O)COC(=O)c2cc[n+]([O-])cc2)cc1C. The molecule has 6 heteroatoms. The lowest BCUT2D eigenvalue weighted by atomic mass is 10.1. The van der Waals surface area contributed by atoms with Gasteiger partial charge in [-0.3, -0.25) is 4.79 Å². The Labute approximate surface area is 127 Å². The fourth-order valence-electron chi connectivity index (χ4n) is 1.78. The number of carbonyl (C=O) groups is 2. The molecule has 1 aromatic carbocycles. The zero-order valence-corrected chi connectivity index (χ0v) is 12.3. The molecule has 1 N–H and O–H groups in total. The molecule has 0 saturated heterocycles. The Morgan fingerprint density at radius 1 is 1.14 bits per heavy atom. The van der Waals surface area contributed by atoms with Crippen molar-refractivity contribution in [1.29, 1.82) is 0 Å². The van der Waals surface area contributed by atoms with E-state index < -0.39 is 18.5 Å². The lowest BCUT2D eigenvalue weighted by Gasteiger charge is -2.08. The van der Waals surface area contributed by atoms with Gasteiger partial charge in [0.2, 0.25) is 0 Å². The molecule has 0 aliphatic rings. The highest BCUT2D eigenvalue weighted by molar-refractivity contribution is 5.95. The zero-order chi connectivity index (χ0) is 16.1. The molecule has 2 aromatic rings. The number of rotatable bonds is 4. The molecule has 0 atom stereocenters. The first-order valence-corrected chi connectivity index (χ1v) is 6.69. The van der Waals surface area contributed by atoms with Crippen LogP contribution in [0.5, 0.6) is 0 Å². The summed E-state index contributed by atoms with van der Waals surface area (Å²) in [6.07, 6.45) is 2.37. The summed E-state index contributed by atoms with van der Waals surface area (Å²) in [5.41, 5.74) is 3.05. The van der Waals surface area contributed by atoms with Crippen LogP contribution in [0, 0.1) is 19.1 Å². The third-order valence-corrected chi connectivity index (χ3v) is 3.16. The summed E-state index contributed by atoms with van der Waals surface area (Å²) in [5.74, 6) is -1.08. The number of aromatic nitrogens is 1. The van der Waals surface area contributed by atoms with Crippen LogP contribution in [0.25, 0.3) is 0 Å². The molecule has 0 saturated carbocycles. The maximum atomic E-state index is 11.8. The number of hydrogen-bond donors (Lipinski definition) is 1. The van der Waals surface area contributed by atoms with E-state index in [1.54, 1.807) is 6.07 Å². The fraction of sp³-hybridized carbons (Fsp3) is 0.188. The number of pyridine rings is 1. The topological polar surface area (TPSA) is 82.3 Å². The van der Waals surface area contributed by atoms with Gasteiger partial charge in [-0.05, 0) is 37.1 Å². The normalized spacial score (nSPS) is 10.1. The van der Waals surface area contributed by atoms with Crippen LogP contribution in [0.3, 0.4) is 0 Å². The van der Waals surface area contributed by atoms with E-state index in [1.165, 1.54) is 24.5 Å². The number of nitrogens with one attached hydrogen (secondary N) is 1. The molecule has 0 fully saturated rings. The number of aryl methyl sites for hydroxylation is 2. The van der Waals surface area contributed by atoms with E-state index in [-0.39, 0.29) is 5.56 Å². The van der Waals surface area contributed by atoms with E-state index in [9.17, 15) is 14.8 Å². The van der Waals surface area contributed by atoms with Crippen molar-refractivity contribution in [1.82, 2.24) is 0 Å². The highest BCUT2D eigenvalue weighted by atomic mass is 16.5. The van der Waals surface area contributed by atoms with Crippen LogP contribution in [0.4, 0.5) is 5.69 Å². The Kier molecular flexibility index (Phi) is 4.73. The average Bonchev–Trinajstić information content (AvgIpc) is 2.49. The van der Waals surface area contributed by atoms with Gasteiger partial charge in [0.1, 0.15) is 0 Å². The van der Waals surface area contributed by atoms with Gasteiger partial charge in [0, 0.05) is 17.8 Å². The Morgan fingerprint density at radius 3 is 2.45 bits per heavy atom. The van der Waals surface area contributed by atoms with E-state index in [1.807, 2.05) is 26.0 Å². The molecular formula is C16H16N2O4. The van der Waals surface area contributed by atoms with Crippen molar-refractivity contribution >= 4 is 17.6 Å².